The molecule has 21 heavy (non-hydrogen) atoms. The number of carbonyl (C=O) groups is 2. The first-order chi connectivity index (χ1) is 10.1. The van der Waals surface area contributed by atoms with E-state index in [0.29, 0.717) is 27.8 Å². The highest BCUT2D eigenvalue weighted by atomic mass is 35.5. The van der Waals surface area contributed by atoms with Crippen molar-refractivity contribution in [3.63, 3.8) is 0 Å². The molecular weight excluding hydrogens is 293 g/mol. The van der Waals surface area contributed by atoms with E-state index in [1.165, 1.54) is 29.0 Å². The number of halogens is 2. The van der Waals surface area contributed by atoms with Gasteiger partial charge >= 0.3 is 0 Å². The number of benzene rings is 2. The summed E-state index contributed by atoms with van der Waals surface area (Å²) in [6.07, 6.45) is 2.10. The Labute approximate surface area is 124 Å². The maximum atomic E-state index is 13.3. The first-order valence-electron chi connectivity index (χ1n) is 6.16. The second-order valence-electron chi connectivity index (χ2n) is 4.55. The van der Waals surface area contributed by atoms with Gasteiger partial charge < -0.3 is 0 Å². The molecule has 5 heteroatoms. The van der Waals surface area contributed by atoms with Crippen molar-refractivity contribution >= 4 is 34.7 Å². The van der Waals surface area contributed by atoms with Gasteiger partial charge in [-0.15, -0.1) is 0 Å². The fourth-order valence-corrected chi connectivity index (χ4v) is 2.42. The molecule has 0 aliphatic heterocycles. The van der Waals surface area contributed by atoms with Crippen LogP contribution in [0.1, 0.15) is 20.7 Å². The molecule has 0 atom stereocenters. The van der Waals surface area contributed by atoms with Crippen LogP contribution >= 0.6 is 11.6 Å². The van der Waals surface area contributed by atoms with Gasteiger partial charge in [0, 0.05) is 27.7 Å². The predicted octanol–water partition coefficient (Wildman–Crippen LogP) is 3.93. The van der Waals surface area contributed by atoms with E-state index >= 15 is 0 Å². The Kier molecular flexibility index (Phi) is 3.31. The van der Waals surface area contributed by atoms with Crippen molar-refractivity contribution in [3.8, 4) is 0 Å². The summed E-state index contributed by atoms with van der Waals surface area (Å²) in [5.41, 5.74) is 1.09. The molecule has 3 aromatic rings. The number of hydrogen-bond donors (Lipinski definition) is 0. The number of aromatic nitrogens is 1. The van der Waals surface area contributed by atoms with E-state index in [0.717, 1.165) is 6.07 Å². The molecule has 0 N–H and O–H groups in total. The molecule has 0 radical (unpaired) electrons. The van der Waals surface area contributed by atoms with Crippen LogP contribution in [0.5, 0.6) is 0 Å². The molecule has 104 valence electrons. The lowest BCUT2D eigenvalue weighted by molar-refractivity contribution is 0.0964. The molecule has 0 fully saturated rings. The van der Waals surface area contributed by atoms with Crippen LogP contribution in [0.15, 0.2) is 48.7 Å². The van der Waals surface area contributed by atoms with Crippen molar-refractivity contribution in [2.24, 2.45) is 0 Å². The van der Waals surface area contributed by atoms with Gasteiger partial charge in [0.1, 0.15) is 5.82 Å². The number of nitrogens with zero attached hydrogens (tertiary/aromatic N) is 1. The minimum absolute atomic E-state index is 0.198. The minimum Gasteiger partial charge on any atom is -0.298 e. The highest BCUT2D eigenvalue weighted by molar-refractivity contribution is 6.31. The van der Waals surface area contributed by atoms with E-state index in [1.54, 1.807) is 18.2 Å². The number of aldehydes is 1. The molecule has 0 unspecified atom stereocenters. The van der Waals surface area contributed by atoms with Gasteiger partial charge in [0.05, 0.1) is 5.52 Å². The summed E-state index contributed by atoms with van der Waals surface area (Å²) in [5.74, 6) is -0.916. The van der Waals surface area contributed by atoms with Crippen LogP contribution < -0.4 is 0 Å². The van der Waals surface area contributed by atoms with Crippen LogP contribution in [-0.4, -0.2) is 16.8 Å². The lowest BCUT2D eigenvalue weighted by Crippen LogP contribution is -2.10. The van der Waals surface area contributed by atoms with E-state index in [4.69, 9.17) is 11.6 Å². The van der Waals surface area contributed by atoms with Crippen LogP contribution in [0.4, 0.5) is 4.39 Å². The van der Waals surface area contributed by atoms with E-state index in [1.807, 2.05) is 0 Å². The number of rotatable bonds is 2. The van der Waals surface area contributed by atoms with Crippen LogP contribution in [0, 0.1) is 5.82 Å². The minimum atomic E-state index is -0.494. The van der Waals surface area contributed by atoms with Crippen LogP contribution in [-0.2, 0) is 0 Å². The second kappa shape index (κ2) is 5.14. The second-order valence-corrected chi connectivity index (χ2v) is 4.99. The van der Waals surface area contributed by atoms with Crippen molar-refractivity contribution in [3.05, 3.63) is 70.6 Å². The van der Waals surface area contributed by atoms with E-state index in [2.05, 4.69) is 0 Å². The number of hydrogen-bond acceptors (Lipinski definition) is 2. The molecule has 1 heterocycles. The Morgan fingerprint density at radius 1 is 1.19 bits per heavy atom. The zero-order chi connectivity index (χ0) is 15.0. The first kappa shape index (κ1) is 13.5. The Morgan fingerprint density at radius 2 is 2.00 bits per heavy atom. The summed E-state index contributed by atoms with van der Waals surface area (Å²) in [5, 5.41) is 1.07. The van der Waals surface area contributed by atoms with Gasteiger partial charge in [-0.3, -0.25) is 14.2 Å². The Hall–Kier alpha value is -2.46. The molecule has 3 nitrogen and oxygen atoms in total. The van der Waals surface area contributed by atoms with Crippen molar-refractivity contribution in [1.82, 2.24) is 4.57 Å². The number of fused-ring (bicyclic) bond motifs is 1. The van der Waals surface area contributed by atoms with E-state index in [-0.39, 0.29) is 5.56 Å². The topological polar surface area (TPSA) is 39.1 Å². The van der Waals surface area contributed by atoms with Gasteiger partial charge in [-0.25, -0.2) is 4.39 Å². The molecular formula is C16H9ClFNO2. The van der Waals surface area contributed by atoms with Gasteiger partial charge in [0.15, 0.2) is 6.29 Å². The van der Waals surface area contributed by atoms with Gasteiger partial charge in [-0.05, 0) is 30.3 Å². The first-order valence-corrected chi connectivity index (χ1v) is 6.54. The molecule has 0 aliphatic rings. The normalized spacial score (nSPS) is 10.8. The van der Waals surface area contributed by atoms with E-state index < -0.39 is 11.7 Å². The summed E-state index contributed by atoms with van der Waals surface area (Å²) >= 11 is 5.95. The largest absolute Gasteiger partial charge is 0.298 e. The average molecular weight is 302 g/mol. The van der Waals surface area contributed by atoms with Crippen molar-refractivity contribution < 1.29 is 14.0 Å². The smallest absolute Gasteiger partial charge is 0.262 e. The highest BCUT2D eigenvalue weighted by Gasteiger charge is 2.15. The van der Waals surface area contributed by atoms with Crippen molar-refractivity contribution in [1.29, 1.82) is 0 Å². The molecule has 0 aliphatic carbocycles. The van der Waals surface area contributed by atoms with Crippen LogP contribution in [0.3, 0.4) is 0 Å². The third-order valence-corrected chi connectivity index (χ3v) is 3.45. The molecule has 2 aromatic carbocycles. The quantitative estimate of drug-likeness (QED) is 0.673. The third-order valence-electron chi connectivity index (χ3n) is 3.22. The van der Waals surface area contributed by atoms with Gasteiger partial charge in [0.2, 0.25) is 0 Å². The fraction of sp³-hybridized carbons (Fsp3) is 0. The van der Waals surface area contributed by atoms with Crippen molar-refractivity contribution in [2.75, 3.05) is 0 Å². The predicted molar refractivity (Wildman–Crippen MR) is 78.5 cm³/mol. The zero-order valence-corrected chi connectivity index (χ0v) is 11.5. The molecule has 0 bridgehead atoms. The van der Waals surface area contributed by atoms with Gasteiger partial charge in [0.25, 0.3) is 5.91 Å². The molecule has 0 spiro atoms. The van der Waals surface area contributed by atoms with Crippen LogP contribution in [0.2, 0.25) is 5.02 Å². The SMILES string of the molecule is O=Cc1cn(C(=O)c2cccc(F)c2)c2cc(Cl)ccc12. The monoisotopic (exact) mass is 301 g/mol. The van der Waals surface area contributed by atoms with Crippen LogP contribution in [0.25, 0.3) is 10.9 Å². The molecule has 0 amide bonds. The standard InChI is InChI=1S/C16H9ClFNO2/c17-12-4-5-14-11(9-20)8-19(15(14)7-12)16(21)10-2-1-3-13(18)6-10/h1-9H. The summed E-state index contributed by atoms with van der Waals surface area (Å²) < 4.78 is 14.6. The molecule has 0 saturated carbocycles. The lowest BCUT2D eigenvalue weighted by atomic mass is 10.2. The lowest BCUT2D eigenvalue weighted by Gasteiger charge is -2.04. The van der Waals surface area contributed by atoms with Crippen molar-refractivity contribution in [2.45, 2.75) is 0 Å². The maximum Gasteiger partial charge on any atom is 0.262 e. The fourth-order valence-electron chi connectivity index (χ4n) is 2.25. The Balaban J connectivity index is 2.22. The average Bonchev–Trinajstić information content (AvgIpc) is 2.84. The summed E-state index contributed by atoms with van der Waals surface area (Å²) in [6.45, 7) is 0. The molecule has 1 aromatic heterocycles. The Morgan fingerprint density at radius 3 is 2.71 bits per heavy atom. The Bertz CT molecular complexity index is 870. The number of carbonyl (C=O) groups excluding carboxylic acids is 2. The summed E-state index contributed by atoms with van der Waals surface area (Å²) in [4.78, 5) is 23.6. The van der Waals surface area contributed by atoms with E-state index in [9.17, 15) is 14.0 Å². The highest BCUT2D eigenvalue weighted by Crippen LogP contribution is 2.25. The maximum absolute atomic E-state index is 13.3. The summed E-state index contributed by atoms with van der Waals surface area (Å²) in [6, 6.07) is 10.3. The zero-order valence-electron chi connectivity index (χ0n) is 10.7. The van der Waals surface area contributed by atoms with Gasteiger partial charge in [-0.1, -0.05) is 23.7 Å². The molecule has 0 saturated heterocycles. The molecule has 3 rings (SSSR count). The summed E-state index contributed by atoms with van der Waals surface area (Å²) in [7, 11) is 0. The third kappa shape index (κ3) is 2.34. The van der Waals surface area contributed by atoms with Gasteiger partial charge in [-0.2, -0.15) is 0 Å².